The van der Waals surface area contributed by atoms with Crippen LogP contribution in [0.15, 0.2) is 60.9 Å². The summed E-state index contributed by atoms with van der Waals surface area (Å²) in [7, 11) is 0. The van der Waals surface area contributed by atoms with Crippen LogP contribution < -0.4 is 0 Å². The molecular weight excluding hydrogens is 302 g/mol. The molecule has 0 saturated heterocycles. The number of hydrogen-bond donors (Lipinski definition) is 0. The van der Waals surface area contributed by atoms with Gasteiger partial charge >= 0.3 is 0 Å². The number of thiazole rings is 1. The molecule has 2 aromatic carbocycles. The zero-order chi connectivity index (χ0) is 14.2. The van der Waals surface area contributed by atoms with Crippen LogP contribution in [0.3, 0.4) is 0 Å². The Morgan fingerprint density at radius 3 is 2.67 bits per heavy atom. The van der Waals surface area contributed by atoms with Crippen LogP contribution in [0.5, 0.6) is 0 Å². The summed E-state index contributed by atoms with van der Waals surface area (Å²) in [4.78, 5) is 4.60. The van der Waals surface area contributed by atoms with E-state index in [1.807, 2.05) is 54.9 Å². The lowest BCUT2D eigenvalue weighted by atomic mass is 10.1. The van der Waals surface area contributed by atoms with Crippen LogP contribution in [0.2, 0.25) is 5.02 Å². The monoisotopic (exact) mass is 311 g/mol. The van der Waals surface area contributed by atoms with Crippen molar-refractivity contribution in [1.29, 1.82) is 0 Å². The van der Waals surface area contributed by atoms with E-state index in [9.17, 15) is 0 Å². The van der Waals surface area contributed by atoms with Gasteiger partial charge in [-0.1, -0.05) is 53.3 Å². The molecule has 3 nitrogen and oxygen atoms in total. The number of rotatable bonds is 2. The zero-order valence-corrected chi connectivity index (χ0v) is 12.5. The van der Waals surface area contributed by atoms with Gasteiger partial charge < -0.3 is 0 Å². The number of halogens is 1. The number of hydrogen-bond acceptors (Lipinski definition) is 3. The van der Waals surface area contributed by atoms with Gasteiger partial charge in [-0.2, -0.15) is 5.10 Å². The average Bonchev–Trinajstić information content (AvgIpc) is 3.14. The number of benzene rings is 2. The smallest absolute Gasteiger partial charge is 0.211 e. The van der Waals surface area contributed by atoms with Crippen molar-refractivity contribution in [3.05, 3.63) is 65.9 Å². The molecule has 4 aromatic rings. The van der Waals surface area contributed by atoms with Crippen LogP contribution in [-0.2, 0) is 0 Å². The second kappa shape index (κ2) is 4.98. The highest BCUT2D eigenvalue weighted by Gasteiger charge is 2.09. The fourth-order valence-electron chi connectivity index (χ4n) is 2.22. The van der Waals surface area contributed by atoms with Gasteiger partial charge in [-0.15, -0.1) is 0 Å². The minimum atomic E-state index is 0.723. The molecule has 0 aliphatic heterocycles. The van der Waals surface area contributed by atoms with Crippen molar-refractivity contribution in [2.75, 3.05) is 0 Å². The maximum absolute atomic E-state index is 6.23. The molecule has 0 N–H and O–H groups in total. The number of nitrogens with zero attached hydrogens (tertiary/aromatic N) is 3. The highest BCUT2D eigenvalue weighted by molar-refractivity contribution is 7.20. The Bertz CT molecular complexity index is 893. The molecule has 0 amide bonds. The van der Waals surface area contributed by atoms with Crippen LogP contribution >= 0.6 is 22.9 Å². The molecule has 0 fully saturated rings. The Kier molecular flexibility index (Phi) is 2.98. The van der Waals surface area contributed by atoms with Crippen LogP contribution in [0.25, 0.3) is 26.5 Å². The fraction of sp³-hybridized carbons (Fsp3) is 0. The summed E-state index contributed by atoms with van der Waals surface area (Å²) in [5.74, 6) is 0. The SMILES string of the molecule is Clc1ccccc1-c1cnn(-c2nc3ccccc3s2)c1. The highest BCUT2D eigenvalue weighted by atomic mass is 35.5. The molecule has 0 aliphatic rings. The lowest BCUT2D eigenvalue weighted by Gasteiger charge is -1.99. The van der Waals surface area contributed by atoms with Crippen molar-refractivity contribution < 1.29 is 0 Å². The summed E-state index contributed by atoms with van der Waals surface area (Å²) in [5.41, 5.74) is 2.96. The van der Waals surface area contributed by atoms with Gasteiger partial charge in [-0.05, 0) is 18.2 Å². The van der Waals surface area contributed by atoms with E-state index in [0.29, 0.717) is 0 Å². The van der Waals surface area contributed by atoms with Gasteiger partial charge in [0, 0.05) is 22.3 Å². The van der Waals surface area contributed by atoms with Gasteiger partial charge in [-0.3, -0.25) is 0 Å². The quantitative estimate of drug-likeness (QED) is 0.532. The second-order valence-electron chi connectivity index (χ2n) is 4.62. The molecule has 0 spiro atoms. The van der Waals surface area contributed by atoms with E-state index >= 15 is 0 Å². The predicted molar refractivity (Wildman–Crippen MR) is 87.2 cm³/mol. The third kappa shape index (κ3) is 2.22. The van der Waals surface area contributed by atoms with Crippen LogP contribution in [0.1, 0.15) is 0 Å². The minimum Gasteiger partial charge on any atom is -0.218 e. The molecular formula is C16H10ClN3S. The van der Waals surface area contributed by atoms with E-state index in [1.54, 1.807) is 16.0 Å². The normalized spacial score (nSPS) is 11.1. The molecule has 0 bridgehead atoms. The second-order valence-corrected chi connectivity index (χ2v) is 6.03. The van der Waals surface area contributed by atoms with E-state index in [1.165, 1.54) is 0 Å². The third-order valence-corrected chi connectivity index (χ3v) is 4.60. The molecule has 4 rings (SSSR count). The molecule has 0 atom stereocenters. The average molecular weight is 312 g/mol. The van der Waals surface area contributed by atoms with E-state index in [0.717, 1.165) is 31.5 Å². The molecule has 2 heterocycles. The largest absolute Gasteiger partial charge is 0.218 e. The van der Waals surface area contributed by atoms with Gasteiger partial charge in [0.15, 0.2) is 0 Å². The first-order valence-electron chi connectivity index (χ1n) is 6.47. The Labute approximate surface area is 130 Å². The summed E-state index contributed by atoms with van der Waals surface area (Å²) in [6.07, 6.45) is 3.77. The van der Waals surface area contributed by atoms with E-state index < -0.39 is 0 Å². The van der Waals surface area contributed by atoms with Gasteiger partial charge in [0.05, 0.1) is 16.4 Å². The van der Waals surface area contributed by atoms with Crippen LogP contribution in [0.4, 0.5) is 0 Å². The Hall–Kier alpha value is -2.17. The van der Waals surface area contributed by atoms with Crippen molar-refractivity contribution in [1.82, 2.24) is 14.8 Å². The fourth-order valence-corrected chi connectivity index (χ4v) is 3.36. The zero-order valence-electron chi connectivity index (χ0n) is 10.9. The van der Waals surface area contributed by atoms with Crippen molar-refractivity contribution in [2.45, 2.75) is 0 Å². The highest BCUT2D eigenvalue weighted by Crippen LogP contribution is 2.29. The molecule has 0 saturated carbocycles. The molecule has 0 unspecified atom stereocenters. The number of aromatic nitrogens is 3. The summed E-state index contributed by atoms with van der Waals surface area (Å²) >= 11 is 7.85. The maximum atomic E-state index is 6.23. The van der Waals surface area contributed by atoms with Gasteiger partial charge in [-0.25, -0.2) is 9.67 Å². The Balaban J connectivity index is 1.79. The number of fused-ring (bicyclic) bond motifs is 1. The predicted octanol–water partition coefficient (Wildman–Crippen LogP) is 4.80. The van der Waals surface area contributed by atoms with Crippen molar-refractivity contribution in [3.8, 4) is 16.3 Å². The van der Waals surface area contributed by atoms with Crippen molar-refractivity contribution in [3.63, 3.8) is 0 Å². The van der Waals surface area contributed by atoms with Crippen molar-refractivity contribution >= 4 is 33.2 Å². The molecule has 2 aromatic heterocycles. The maximum Gasteiger partial charge on any atom is 0.211 e. The van der Waals surface area contributed by atoms with Crippen LogP contribution in [0, 0.1) is 0 Å². The molecule has 21 heavy (non-hydrogen) atoms. The third-order valence-electron chi connectivity index (χ3n) is 3.25. The first-order valence-corrected chi connectivity index (χ1v) is 7.66. The van der Waals surface area contributed by atoms with Crippen molar-refractivity contribution in [2.24, 2.45) is 0 Å². The van der Waals surface area contributed by atoms with Gasteiger partial charge in [0.1, 0.15) is 0 Å². The Morgan fingerprint density at radius 1 is 1.00 bits per heavy atom. The summed E-state index contributed by atoms with van der Waals surface area (Å²) in [5, 5.41) is 5.98. The summed E-state index contributed by atoms with van der Waals surface area (Å²) < 4.78 is 2.95. The first kappa shape index (κ1) is 12.6. The van der Waals surface area contributed by atoms with Crippen LogP contribution in [-0.4, -0.2) is 14.8 Å². The molecule has 0 radical (unpaired) electrons. The topological polar surface area (TPSA) is 30.7 Å². The molecule has 0 aliphatic carbocycles. The number of para-hydroxylation sites is 1. The standard InChI is InChI=1S/C16H10ClN3S/c17-13-6-2-1-5-12(13)11-9-18-20(10-11)16-19-14-7-3-4-8-15(14)21-16/h1-10H. The molecule has 5 heteroatoms. The van der Waals surface area contributed by atoms with E-state index in [2.05, 4.69) is 16.1 Å². The van der Waals surface area contributed by atoms with E-state index in [4.69, 9.17) is 11.6 Å². The lowest BCUT2D eigenvalue weighted by Crippen LogP contribution is -1.91. The minimum absolute atomic E-state index is 0.723. The van der Waals surface area contributed by atoms with Gasteiger partial charge in [0.2, 0.25) is 5.13 Å². The van der Waals surface area contributed by atoms with E-state index in [-0.39, 0.29) is 0 Å². The van der Waals surface area contributed by atoms with Gasteiger partial charge in [0.25, 0.3) is 0 Å². The Morgan fingerprint density at radius 2 is 1.81 bits per heavy atom. The first-order chi connectivity index (χ1) is 10.3. The summed E-state index contributed by atoms with van der Waals surface area (Å²) in [6, 6.07) is 15.8. The molecule has 102 valence electrons. The summed E-state index contributed by atoms with van der Waals surface area (Å²) in [6.45, 7) is 0. The lowest BCUT2D eigenvalue weighted by molar-refractivity contribution is 0.873.